The highest BCUT2D eigenvalue weighted by atomic mass is 32.1. The molecule has 2 heteroatoms. The topological polar surface area (TPSA) is 12.4 Å². The van der Waals surface area contributed by atoms with E-state index in [0.717, 1.165) is 23.4 Å². The number of aliphatic imine (C=N–C) groups is 1. The number of hydrogen-bond acceptors (Lipinski definition) is 2. The normalized spacial score (nSPS) is 14.9. The van der Waals surface area contributed by atoms with Gasteiger partial charge in [-0.1, -0.05) is 127 Å². The minimum absolute atomic E-state index is 0.279. The number of nitrogens with zero attached hydrogens (tertiary/aromatic N) is 1. The van der Waals surface area contributed by atoms with Crippen LogP contribution in [0.2, 0.25) is 0 Å². The van der Waals surface area contributed by atoms with Crippen LogP contribution in [0.15, 0.2) is 157 Å². The summed E-state index contributed by atoms with van der Waals surface area (Å²) in [5.74, 6) is 0.279. The number of fused-ring (bicyclic) bond motifs is 3. The second-order valence-corrected chi connectivity index (χ2v) is 12.7. The first-order chi connectivity index (χ1) is 21.7. The van der Waals surface area contributed by atoms with Gasteiger partial charge in [-0.2, -0.15) is 0 Å². The van der Waals surface area contributed by atoms with Gasteiger partial charge in [-0.25, -0.2) is 0 Å². The van der Waals surface area contributed by atoms with Crippen molar-refractivity contribution in [2.45, 2.75) is 19.3 Å². The van der Waals surface area contributed by atoms with E-state index < -0.39 is 0 Å². The lowest BCUT2D eigenvalue weighted by molar-refractivity contribution is 0.879. The van der Waals surface area contributed by atoms with Crippen LogP contribution in [0.3, 0.4) is 0 Å². The van der Waals surface area contributed by atoms with E-state index in [1.54, 1.807) is 0 Å². The molecular weight excluding hydrogens is 551 g/mol. The predicted octanol–water partition coefficient (Wildman–Crippen LogP) is 11.7. The van der Waals surface area contributed by atoms with Crippen molar-refractivity contribution in [3.8, 4) is 22.3 Å². The molecule has 0 bridgehead atoms. The molecule has 6 aromatic carbocycles. The third kappa shape index (κ3) is 4.98. The molecule has 0 amide bonds. The van der Waals surface area contributed by atoms with E-state index in [-0.39, 0.29) is 5.92 Å². The lowest BCUT2D eigenvalue weighted by Gasteiger charge is -2.22. The van der Waals surface area contributed by atoms with Crippen molar-refractivity contribution in [3.05, 3.63) is 174 Å². The Bertz CT molecular complexity index is 2200. The predicted molar refractivity (Wildman–Crippen MR) is 190 cm³/mol. The molecule has 7 aromatic rings. The Balaban J connectivity index is 1.15. The number of allylic oxidation sites excluding steroid dienone is 1. The summed E-state index contributed by atoms with van der Waals surface area (Å²) < 4.78 is 2.68. The lowest BCUT2D eigenvalue weighted by Crippen LogP contribution is -2.12. The second-order valence-electron chi connectivity index (χ2n) is 11.6. The summed E-state index contributed by atoms with van der Waals surface area (Å²) >= 11 is 1.87. The number of thiophene rings is 1. The molecule has 1 atom stereocenters. The Kier molecular flexibility index (Phi) is 6.78. The first kappa shape index (κ1) is 26.6. The molecule has 0 spiro atoms. The molecule has 1 aliphatic heterocycles. The Morgan fingerprint density at radius 1 is 0.545 bits per heavy atom. The molecule has 44 heavy (non-hydrogen) atoms. The largest absolute Gasteiger partial charge is 0.252 e. The number of rotatable bonds is 5. The molecule has 1 aromatic heterocycles. The first-order valence-corrected chi connectivity index (χ1v) is 16.0. The fourth-order valence-corrected chi connectivity index (χ4v) is 7.58. The zero-order chi connectivity index (χ0) is 29.5. The monoisotopic (exact) mass is 581 g/mol. The Morgan fingerprint density at radius 3 is 2.07 bits per heavy atom. The Morgan fingerprint density at radius 2 is 1.23 bits per heavy atom. The molecule has 0 fully saturated rings. The van der Waals surface area contributed by atoms with Crippen LogP contribution in [0.25, 0.3) is 48.1 Å². The van der Waals surface area contributed by atoms with Crippen LogP contribution >= 0.6 is 11.3 Å². The maximum Gasteiger partial charge on any atom is 0.0672 e. The average Bonchev–Trinajstić information content (AvgIpc) is 3.47. The van der Waals surface area contributed by atoms with Gasteiger partial charge in [0.25, 0.3) is 0 Å². The number of aryl methyl sites for hydroxylation is 1. The highest BCUT2D eigenvalue weighted by molar-refractivity contribution is 7.25. The van der Waals surface area contributed by atoms with Gasteiger partial charge in [0.05, 0.1) is 5.70 Å². The number of hydrogen-bond donors (Lipinski definition) is 0. The van der Waals surface area contributed by atoms with Gasteiger partial charge in [-0.3, -0.25) is 4.99 Å². The highest BCUT2D eigenvalue weighted by Crippen LogP contribution is 2.38. The third-order valence-electron chi connectivity index (χ3n) is 8.77. The quantitative estimate of drug-likeness (QED) is 0.192. The molecule has 1 nitrogen and oxygen atoms in total. The summed E-state index contributed by atoms with van der Waals surface area (Å²) in [7, 11) is 0. The molecule has 1 unspecified atom stereocenters. The van der Waals surface area contributed by atoms with Crippen LogP contribution in [0.1, 0.15) is 34.6 Å². The fourth-order valence-electron chi connectivity index (χ4n) is 6.49. The van der Waals surface area contributed by atoms with Crippen LogP contribution in [-0.2, 0) is 0 Å². The van der Waals surface area contributed by atoms with E-state index in [2.05, 4.69) is 159 Å². The molecule has 0 aliphatic carbocycles. The second kappa shape index (κ2) is 11.2. The minimum Gasteiger partial charge on any atom is -0.252 e. The highest BCUT2D eigenvalue weighted by Gasteiger charge is 2.21. The van der Waals surface area contributed by atoms with Gasteiger partial charge in [0.15, 0.2) is 0 Å². The van der Waals surface area contributed by atoms with Gasteiger partial charge in [0.1, 0.15) is 0 Å². The SMILES string of the molecule is Cc1cc(-c2ccc3sc4ccccc4c3c2)ccc1-c1cccc(C2=CC(c3ccccc3)CC(c3ccccc3)=N2)c1. The van der Waals surface area contributed by atoms with E-state index in [9.17, 15) is 0 Å². The average molecular weight is 582 g/mol. The van der Waals surface area contributed by atoms with Crippen LogP contribution < -0.4 is 0 Å². The molecule has 210 valence electrons. The van der Waals surface area contributed by atoms with Gasteiger partial charge in [0.2, 0.25) is 0 Å². The molecule has 0 N–H and O–H groups in total. The van der Waals surface area contributed by atoms with Crippen molar-refractivity contribution < 1.29 is 0 Å². The molecule has 8 rings (SSSR count). The molecule has 0 saturated heterocycles. The van der Waals surface area contributed by atoms with Crippen molar-refractivity contribution >= 4 is 42.9 Å². The van der Waals surface area contributed by atoms with Gasteiger partial charge < -0.3 is 0 Å². The standard InChI is InChI=1S/C42H31NS/c1-28-23-31(32-20-22-42-38(25-32)37-17-8-9-18-41(37)44-42)19-21-36(28)33-15-10-16-34(24-33)40-27-35(29-11-4-2-5-12-29)26-39(43-40)30-13-6-3-7-14-30/h2-25,27,35H,26H2,1H3. The molecule has 0 saturated carbocycles. The van der Waals surface area contributed by atoms with Gasteiger partial charge in [0, 0.05) is 43.8 Å². The first-order valence-electron chi connectivity index (χ1n) is 15.2. The maximum atomic E-state index is 5.23. The van der Waals surface area contributed by atoms with Crippen molar-refractivity contribution in [3.63, 3.8) is 0 Å². The van der Waals surface area contributed by atoms with Gasteiger partial charge >= 0.3 is 0 Å². The Hall–Kier alpha value is -5.05. The van der Waals surface area contributed by atoms with Crippen LogP contribution in [0.4, 0.5) is 0 Å². The maximum absolute atomic E-state index is 5.23. The summed E-state index contributed by atoms with van der Waals surface area (Å²) in [5.41, 5.74) is 12.1. The van der Waals surface area contributed by atoms with Crippen LogP contribution in [-0.4, -0.2) is 5.71 Å². The van der Waals surface area contributed by atoms with E-state index in [4.69, 9.17) is 4.99 Å². The minimum atomic E-state index is 0.279. The summed E-state index contributed by atoms with van der Waals surface area (Å²) in [6.07, 6.45) is 3.24. The molecule has 0 radical (unpaired) electrons. The van der Waals surface area contributed by atoms with Crippen LogP contribution in [0.5, 0.6) is 0 Å². The van der Waals surface area contributed by atoms with E-state index in [1.165, 1.54) is 59.1 Å². The number of benzene rings is 6. The van der Waals surface area contributed by atoms with Crippen LogP contribution in [0, 0.1) is 6.92 Å². The smallest absolute Gasteiger partial charge is 0.0672 e. The third-order valence-corrected chi connectivity index (χ3v) is 9.92. The molecule has 2 heterocycles. The summed E-state index contributed by atoms with van der Waals surface area (Å²) in [6, 6.07) is 52.7. The van der Waals surface area contributed by atoms with Gasteiger partial charge in [-0.15, -0.1) is 11.3 Å². The van der Waals surface area contributed by atoms with Crippen molar-refractivity contribution in [2.75, 3.05) is 0 Å². The summed E-state index contributed by atoms with van der Waals surface area (Å²) in [4.78, 5) is 5.23. The van der Waals surface area contributed by atoms with Crippen molar-refractivity contribution in [2.24, 2.45) is 4.99 Å². The van der Waals surface area contributed by atoms with E-state index in [1.807, 2.05) is 11.3 Å². The molecular formula is C42H31NS. The van der Waals surface area contributed by atoms with Crippen molar-refractivity contribution in [1.29, 1.82) is 0 Å². The summed E-state index contributed by atoms with van der Waals surface area (Å²) in [6.45, 7) is 2.22. The lowest BCUT2D eigenvalue weighted by atomic mass is 9.87. The van der Waals surface area contributed by atoms with Gasteiger partial charge in [-0.05, 0) is 70.1 Å². The Labute approximate surface area is 262 Å². The van der Waals surface area contributed by atoms with E-state index in [0.29, 0.717) is 0 Å². The van der Waals surface area contributed by atoms with E-state index >= 15 is 0 Å². The summed E-state index contributed by atoms with van der Waals surface area (Å²) in [5, 5.41) is 2.67. The molecule has 1 aliphatic rings. The zero-order valence-corrected chi connectivity index (χ0v) is 25.4. The van der Waals surface area contributed by atoms with Crippen molar-refractivity contribution in [1.82, 2.24) is 0 Å². The fraction of sp³-hybridized carbons (Fsp3) is 0.0714. The zero-order valence-electron chi connectivity index (χ0n) is 24.6.